The predicted molar refractivity (Wildman–Crippen MR) is 138 cm³/mol. The molecule has 0 bridgehead atoms. The number of ketones is 1. The Morgan fingerprint density at radius 1 is 1.15 bits per heavy atom. The lowest BCUT2D eigenvalue weighted by Gasteiger charge is -2.30. The molecular formula is C28H39NO4S. The molecule has 0 saturated heterocycles. The van der Waals surface area contributed by atoms with Crippen molar-refractivity contribution < 1.29 is 19.4 Å². The van der Waals surface area contributed by atoms with Crippen LogP contribution < -0.4 is 10.1 Å². The van der Waals surface area contributed by atoms with Crippen LogP contribution in [0.25, 0.3) is 0 Å². The van der Waals surface area contributed by atoms with E-state index in [1.54, 1.807) is 11.3 Å². The summed E-state index contributed by atoms with van der Waals surface area (Å²) in [4.78, 5) is 27.1. The molecule has 1 aliphatic rings. The molecule has 0 atom stereocenters. The molecule has 1 aromatic carbocycles. The number of hydrogen-bond acceptors (Lipinski definition) is 5. The van der Waals surface area contributed by atoms with E-state index in [1.165, 1.54) is 16.0 Å². The van der Waals surface area contributed by atoms with E-state index in [1.807, 2.05) is 13.8 Å². The molecule has 186 valence electrons. The molecule has 0 unspecified atom stereocenters. The average molecular weight is 486 g/mol. The first-order chi connectivity index (χ1) is 16.1. The van der Waals surface area contributed by atoms with Crippen molar-refractivity contribution >= 4 is 23.0 Å². The second-order valence-electron chi connectivity index (χ2n) is 10.2. The van der Waals surface area contributed by atoms with Gasteiger partial charge < -0.3 is 15.2 Å². The first kappa shape index (κ1) is 26.4. The first-order valence-electron chi connectivity index (χ1n) is 12.4. The number of rotatable bonds is 11. The van der Waals surface area contributed by atoms with Crippen LogP contribution in [0.15, 0.2) is 12.1 Å². The Labute approximate surface area is 207 Å². The lowest BCUT2D eigenvalue weighted by Crippen LogP contribution is -2.28. The van der Waals surface area contributed by atoms with E-state index < -0.39 is 0 Å². The van der Waals surface area contributed by atoms with Crippen LogP contribution in [-0.4, -0.2) is 36.6 Å². The molecule has 0 aliphatic heterocycles. The zero-order valence-electron chi connectivity index (χ0n) is 21.3. The summed E-state index contributed by atoms with van der Waals surface area (Å²) in [5, 5.41) is 11.5. The van der Waals surface area contributed by atoms with Gasteiger partial charge in [-0.2, -0.15) is 0 Å². The van der Waals surface area contributed by atoms with Crippen LogP contribution in [0, 0.1) is 19.3 Å². The van der Waals surface area contributed by atoms with Gasteiger partial charge in [-0.15, -0.1) is 11.3 Å². The van der Waals surface area contributed by atoms with Gasteiger partial charge in [-0.3, -0.25) is 9.59 Å². The van der Waals surface area contributed by atoms with Gasteiger partial charge in [-0.1, -0.05) is 32.9 Å². The number of fused-ring (bicyclic) bond motifs is 1. The van der Waals surface area contributed by atoms with E-state index >= 15 is 0 Å². The Morgan fingerprint density at radius 2 is 1.85 bits per heavy atom. The average Bonchev–Trinajstić information content (AvgIpc) is 3.13. The largest absolute Gasteiger partial charge is 0.491 e. The van der Waals surface area contributed by atoms with Crippen LogP contribution in [0.1, 0.15) is 82.4 Å². The summed E-state index contributed by atoms with van der Waals surface area (Å²) in [6.45, 7) is 11.5. The van der Waals surface area contributed by atoms with Crippen LogP contribution >= 0.6 is 11.3 Å². The second kappa shape index (κ2) is 11.5. The van der Waals surface area contributed by atoms with E-state index in [-0.39, 0.29) is 24.7 Å². The lowest BCUT2D eigenvalue weighted by molar-refractivity contribution is -0.121. The molecular weight excluding hydrogens is 446 g/mol. The van der Waals surface area contributed by atoms with Crippen molar-refractivity contribution in [2.75, 3.05) is 19.8 Å². The van der Waals surface area contributed by atoms with Crippen molar-refractivity contribution in [1.82, 2.24) is 5.32 Å². The van der Waals surface area contributed by atoms with E-state index in [9.17, 15) is 9.59 Å². The standard InChI is InChI=1S/C28H39NO4S/c1-6-24-22-17-28(4,5)11-9-21(22)27(34-24)23(31)8-7-20-15-18(2)26(19(3)16-20)33-14-12-29-25(32)10-13-30/h15-16,30H,6-14,17H2,1-5H3,(H,29,32). The zero-order valence-corrected chi connectivity index (χ0v) is 22.1. The number of aliphatic hydroxyl groups excluding tert-OH is 1. The Bertz CT molecular complexity index is 1010. The fourth-order valence-corrected chi connectivity index (χ4v) is 6.15. The molecule has 0 spiro atoms. The molecule has 1 amide bonds. The number of Topliss-reactive ketones (excluding diaryl/α,β-unsaturated/α-hetero) is 1. The number of ether oxygens (including phenoxy) is 1. The number of benzene rings is 1. The van der Waals surface area contributed by atoms with Crippen molar-refractivity contribution in [3.05, 3.63) is 49.7 Å². The van der Waals surface area contributed by atoms with Crippen LogP contribution in [0.2, 0.25) is 0 Å². The van der Waals surface area contributed by atoms with E-state index in [4.69, 9.17) is 9.84 Å². The van der Waals surface area contributed by atoms with Crippen LogP contribution in [-0.2, 0) is 30.5 Å². The predicted octanol–water partition coefficient (Wildman–Crippen LogP) is 5.14. The number of carbonyl (C=O) groups excluding carboxylic acids is 2. The summed E-state index contributed by atoms with van der Waals surface area (Å²) >= 11 is 1.73. The SMILES string of the molecule is CCc1sc(C(=O)CCc2cc(C)c(OCCNC(=O)CCO)c(C)c2)c2c1CC(C)(C)CC2. The second-order valence-corrected chi connectivity index (χ2v) is 11.3. The third-order valence-electron chi connectivity index (χ3n) is 6.65. The number of hydrogen-bond donors (Lipinski definition) is 2. The summed E-state index contributed by atoms with van der Waals surface area (Å²) in [6.07, 6.45) is 5.60. The highest BCUT2D eigenvalue weighted by atomic mass is 32.1. The quantitative estimate of drug-likeness (QED) is 0.342. The third-order valence-corrected chi connectivity index (χ3v) is 8.11. The van der Waals surface area contributed by atoms with E-state index in [2.05, 4.69) is 38.2 Å². The van der Waals surface area contributed by atoms with Gasteiger partial charge in [0.1, 0.15) is 12.4 Å². The maximum absolute atomic E-state index is 13.2. The molecule has 1 aliphatic carbocycles. The molecule has 1 aromatic heterocycles. The molecule has 0 fully saturated rings. The molecule has 0 radical (unpaired) electrons. The highest BCUT2D eigenvalue weighted by molar-refractivity contribution is 7.14. The highest BCUT2D eigenvalue weighted by Gasteiger charge is 2.31. The van der Waals surface area contributed by atoms with Crippen molar-refractivity contribution in [2.45, 2.75) is 79.6 Å². The molecule has 1 heterocycles. The van der Waals surface area contributed by atoms with Gasteiger partial charge in [-0.05, 0) is 79.2 Å². The molecule has 2 aromatic rings. The third kappa shape index (κ3) is 6.48. The topological polar surface area (TPSA) is 75.6 Å². The lowest BCUT2D eigenvalue weighted by atomic mass is 9.74. The summed E-state index contributed by atoms with van der Waals surface area (Å²) in [5.74, 6) is 0.922. The maximum atomic E-state index is 13.2. The van der Waals surface area contributed by atoms with Crippen molar-refractivity contribution in [3.63, 3.8) is 0 Å². The van der Waals surface area contributed by atoms with Gasteiger partial charge in [-0.25, -0.2) is 0 Å². The first-order valence-corrected chi connectivity index (χ1v) is 13.2. The van der Waals surface area contributed by atoms with Crippen LogP contribution in [0.4, 0.5) is 0 Å². The molecule has 0 saturated carbocycles. The van der Waals surface area contributed by atoms with Gasteiger partial charge in [0.15, 0.2) is 5.78 Å². The minimum atomic E-state index is -0.179. The number of amides is 1. The number of aryl methyl sites for hydroxylation is 4. The van der Waals surface area contributed by atoms with Gasteiger partial charge in [0, 0.05) is 17.7 Å². The molecule has 3 rings (SSSR count). The monoisotopic (exact) mass is 485 g/mol. The van der Waals surface area contributed by atoms with Gasteiger partial charge >= 0.3 is 0 Å². The minimum absolute atomic E-state index is 0.109. The van der Waals surface area contributed by atoms with Gasteiger partial charge in [0.2, 0.25) is 5.91 Å². The van der Waals surface area contributed by atoms with E-state index in [0.717, 1.165) is 59.4 Å². The minimum Gasteiger partial charge on any atom is -0.491 e. The Kier molecular flexibility index (Phi) is 8.94. The Hall–Kier alpha value is -2.18. The fraction of sp³-hybridized carbons (Fsp3) is 0.571. The summed E-state index contributed by atoms with van der Waals surface area (Å²) < 4.78 is 5.90. The van der Waals surface area contributed by atoms with Crippen LogP contribution in [0.3, 0.4) is 0 Å². The zero-order chi connectivity index (χ0) is 24.9. The maximum Gasteiger partial charge on any atom is 0.222 e. The van der Waals surface area contributed by atoms with E-state index in [0.29, 0.717) is 25.0 Å². The van der Waals surface area contributed by atoms with Crippen molar-refractivity contribution in [1.29, 1.82) is 0 Å². The number of carbonyl (C=O) groups is 2. The highest BCUT2D eigenvalue weighted by Crippen LogP contribution is 2.42. The number of aliphatic hydroxyl groups is 1. The normalized spacial score (nSPS) is 14.5. The summed E-state index contributed by atoms with van der Waals surface area (Å²) in [6, 6.07) is 4.20. The Balaban J connectivity index is 1.61. The molecule has 5 nitrogen and oxygen atoms in total. The molecule has 2 N–H and O–H groups in total. The molecule has 34 heavy (non-hydrogen) atoms. The van der Waals surface area contributed by atoms with Crippen LogP contribution in [0.5, 0.6) is 5.75 Å². The molecule has 6 heteroatoms. The number of nitrogens with one attached hydrogen (secondary N) is 1. The van der Waals surface area contributed by atoms with Gasteiger partial charge in [0.25, 0.3) is 0 Å². The van der Waals surface area contributed by atoms with Gasteiger partial charge in [0.05, 0.1) is 18.0 Å². The fourth-order valence-electron chi connectivity index (χ4n) is 4.88. The Morgan fingerprint density at radius 3 is 2.50 bits per heavy atom. The summed E-state index contributed by atoms with van der Waals surface area (Å²) in [5.41, 5.74) is 6.32. The summed E-state index contributed by atoms with van der Waals surface area (Å²) in [7, 11) is 0. The number of thiophene rings is 1. The smallest absolute Gasteiger partial charge is 0.222 e. The van der Waals surface area contributed by atoms with Crippen molar-refractivity contribution in [3.8, 4) is 5.75 Å². The van der Waals surface area contributed by atoms with Crippen molar-refractivity contribution in [2.24, 2.45) is 5.41 Å².